The number of hydrogen-bond donors (Lipinski definition) is 1. The van der Waals surface area contributed by atoms with Gasteiger partial charge in [0.05, 0.1) is 5.69 Å². The molecule has 0 bridgehead atoms. The van der Waals surface area contributed by atoms with E-state index in [4.69, 9.17) is 5.73 Å². The van der Waals surface area contributed by atoms with Crippen LogP contribution in [-0.2, 0) is 0 Å². The summed E-state index contributed by atoms with van der Waals surface area (Å²) in [7, 11) is 0. The Balaban J connectivity index is 3.08. The number of anilines is 1. The molecule has 0 spiro atoms. The van der Waals surface area contributed by atoms with E-state index in [1.54, 1.807) is 0 Å². The van der Waals surface area contributed by atoms with Crippen molar-refractivity contribution in [1.82, 2.24) is 0 Å². The van der Waals surface area contributed by atoms with E-state index in [-0.39, 0.29) is 5.56 Å². The lowest BCUT2D eigenvalue weighted by Crippen LogP contribution is -2.32. The summed E-state index contributed by atoms with van der Waals surface area (Å²) in [6, 6.07) is 1.57. The molecule has 0 saturated heterocycles. The Morgan fingerprint density at radius 2 is 1.65 bits per heavy atom. The number of thioether (sulfide) groups is 1. The summed E-state index contributed by atoms with van der Waals surface area (Å²) in [5.74, 6) is -0.859. The van der Waals surface area contributed by atoms with Gasteiger partial charge >= 0.3 is 11.4 Å². The average Bonchev–Trinajstić information content (AvgIpc) is 2.12. The molecular formula is C9H7F6NS. The summed E-state index contributed by atoms with van der Waals surface area (Å²) < 4.78 is 74.2. The number of benzene rings is 1. The van der Waals surface area contributed by atoms with Gasteiger partial charge in [0.1, 0.15) is 5.82 Å². The van der Waals surface area contributed by atoms with E-state index in [1.807, 2.05) is 0 Å². The van der Waals surface area contributed by atoms with Crippen molar-refractivity contribution in [3.63, 3.8) is 0 Å². The highest BCUT2D eigenvalue weighted by Gasteiger charge is 2.58. The predicted octanol–water partition coefficient (Wildman–Crippen LogP) is 3.96. The summed E-state index contributed by atoms with van der Waals surface area (Å²) in [4.78, 5) is -0.411. The number of alkyl halides is 5. The van der Waals surface area contributed by atoms with Crippen LogP contribution in [-0.4, -0.2) is 11.4 Å². The fourth-order valence-corrected chi connectivity index (χ4v) is 1.77. The first-order valence-electron chi connectivity index (χ1n) is 4.24. The lowest BCUT2D eigenvalue weighted by molar-refractivity contribution is -0.237. The molecule has 0 aliphatic rings. The van der Waals surface area contributed by atoms with Crippen molar-refractivity contribution in [2.75, 3.05) is 5.73 Å². The van der Waals surface area contributed by atoms with Gasteiger partial charge in [0, 0.05) is 4.90 Å². The zero-order chi connectivity index (χ0) is 13.4. The van der Waals surface area contributed by atoms with Crippen LogP contribution in [0.2, 0.25) is 0 Å². The number of rotatable bonds is 2. The third-order valence-corrected chi connectivity index (χ3v) is 3.01. The van der Waals surface area contributed by atoms with E-state index in [0.29, 0.717) is 0 Å². The van der Waals surface area contributed by atoms with Crippen LogP contribution in [0.5, 0.6) is 0 Å². The number of aryl methyl sites for hydroxylation is 1. The van der Waals surface area contributed by atoms with Gasteiger partial charge in [-0.1, -0.05) is 0 Å². The highest BCUT2D eigenvalue weighted by molar-refractivity contribution is 8.00. The highest BCUT2D eigenvalue weighted by atomic mass is 32.2. The maximum atomic E-state index is 12.9. The quantitative estimate of drug-likeness (QED) is 0.502. The molecule has 2 N–H and O–H groups in total. The van der Waals surface area contributed by atoms with E-state index in [1.165, 1.54) is 6.92 Å². The van der Waals surface area contributed by atoms with E-state index in [0.717, 1.165) is 12.1 Å². The second-order valence-corrected chi connectivity index (χ2v) is 4.41. The fraction of sp³-hybridized carbons (Fsp3) is 0.333. The average molecular weight is 275 g/mol. The molecule has 96 valence electrons. The minimum Gasteiger partial charge on any atom is -0.396 e. The van der Waals surface area contributed by atoms with Gasteiger partial charge in [0.2, 0.25) is 0 Å². The predicted molar refractivity (Wildman–Crippen MR) is 52.4 cm³/mol. The Hall–Kier alpha value is -1.05. The number of nitrogen functional groups attached to an aromatic ring is 1. The van der Waals surface area contributed by atoms with Gasteiger partial charge in [-0.05, 0) is 36.4 Å². The molecule has 17 heavy (non-hydrogen) atoms. The van der Waals surface area contributed by atoms with Crippen LogP contribution in [0.1, 0.15) is 5.56 Å². The molecule has 1 aromatic carbocycles. The van der Waals surface area contributed by atoms with E-state index < -0.39 is 39.6 Å². The topological polar surface area (TPSA) is 26.0 Å². The summed E-state index contributed by atoms with van der Waals surface area (Å²) in [6.45, 7) is 1.22. The molecule has 1 aromatic rings. The largest absolute Gasteiger partial charge is 0.464 e. The molecule has 0 aliphatic carbocycles. The van der Waals surface area contributed by atoms with Crippen molar-refractivity contribution in [3.8, 4) is 0 Å². The van der Waals surface area contributed by atoms with Crippen molar-refractivity contribution in [2.24, 2.45) is 0 Å². The second-order valence-electron chi connectivity index (χ2n) is 3.26. The van der Waals surface area contributed by atoms with Gasteiger partial charge < -0.3 is 5.73 Å². The van der Waals surface area contributed by atoms with Gasteiger partial charge in [-0.3, -0.25) is 0 Å². The van der Waals surface area contributed by atoms with Crippen LogP contribution in [0, 0.1) is 12.7 Å². The lowest BCUT2D eigenvalue weighted by Gasteiger charge is -2.19. The maximum absolute atomic E-state index is 12.9. The third-order valence-electron chi connectivity index (χ3n) is 1.86. The molecule has 0 saturated carbocycles. The minimum absolute atomic E-state index is 0.0365. The summed E-state index contributed by atoms with van der Waals surface area (Å²) in [5.41, 5.74) is 4.59. The molecule has 0 amide bonds. The van der Waals surface area contributed by atoms with Crippen molar-refractivity contribution in [2.45, 2.75) is 23.3 Å². The summed E-state index contributed by atoms with van der Waals surface area (Å²) in [5, 5.41) is -4.94. The third kappa shape index (κ3) is 2.99. The van der Waals surface area contributed by atoms with E-state index in [9.17, 15) is 26.3 Å². The molecular weight excluding hydrogens is 268 g/mol. The molecule has 0 aliphatic heterocycles. The lowest BCUT2D eigenvalue weighted by atomic mass is 10.2. The van der Waals surface area contributed by atoms with Crippen molar-refractivity contribution < 1.29 is 26.3 Å². The number of nitrogens with two attached hydrogens (primary N) is 1. The van der Waals surface area contributed by atoms with E-state index >= 15 is 0 Å². The monoisotopic (exact) mass is 275 g/mol. The first-order chi connectivity index (χ1) is 7.54. The number of hydrogen-bond acceptors (Lipinski definition) is 2. The highest BCUT2D eigenvalue weighted by Crippen LogP contribution is 2.48. The Morgan fingerprint density at radius 1 is 1.12 bits per heavy atom. The summed E-state index contributed by atoms with van der Waals surface area (Å²) in [6.07, 6.45) is -5.67. The Bertz CT molecular complexity index is 428. The fourth-order valence-electron chi connectivity index (χ4n) is 0.974. The molecule has 0 atom stereocenters. The maximum Gasteiger partial charge on any atom is 0.464 e. The normalized spacial score (nSPS) is 12.9. The molecule has 1 nitrogen and oxygen atoms in total. The van der Waals surface area contributed by atoms with Crippen LogP contribution in [0.15, 0.2) is 17.0 Å². The second kappa shape index (κ2) is 4.32. The minimum atomic E-state index is -5.67. The van der Waals surface area contributed by atoms with Gasteiger partial charge in [-0.2, -0.15) is 22.0 Å². The van der Waals surface area contributed by atoms with Gasteiger partial charge in [0.25, 0.3) is 0 Å². The van der Waals surface area contributed by atoms with Crippen molar-refractivity contribution in [3.05, 3.63) is 23.5 Å². The van der Waals surface area contributed by atoms with Crippen molar-refractivity contribution >= 4 is 17.4 Å². The van der Waals surface area contributed by atoms with Crippen LogP contribution < -0.4 is 5.73 Å². The molecule has 0 radical (unpaired) electrons. The molecule has 8 heteroatoms. The zero-order valence-electron chi connectivity index (χ0n) is 8.41. The standard InChI is InChI=1S/C9H7F6NS/c1-4-2-5(10)6(16)3-7(4)17-9(14,15)8(11,12)13/h2-3H,16H2,1H3. The molecule has 0 aromatic heterocycles. The summed E-state index contributed by atoms with van der Waals surface area (Å²) >= 11 is -0.703. The van der Waals surface area contributed by atoms with E-state index in [2.05, 4.69) is 0 Å². The molecule has 1 rings (SSSR count). The Morgan fingerprint density at radius 3 is 2.12 bits per heavy atom. The van der Waals surface area contributed by atoms with Crippen LogP contribution >= 0.6 is 11.8 Å². The smallest absolute Gasteiger partial charge is 0.396 e. The van der Waals surface area contributed by atoms with Crippen LogP contribution in [0.25, 0.3) is 0 Å². The Kier molecular flexibility index (Phi) is 3.56. The molecule has 0 fully saturated rings. The molecule has 0 unspecified atom stereocenters. The van der Waals surface area contributed by atoms with Gasteiger partial charge in [-0.15, -0.1) is 0 Å². The Labute approximate surface area is 97.0 Å². The number of halogens is 6. The van der Waals surface area contributed by atoms with Gasteiger partial charge in [0.15, 0.2) is 0 Å². The first-order valence-corrected chi connectivity index (χ1v) is 5.05. The van der Waals surface area contributed by atoms with Crippen LogP contribution in [0.3, 0.4) is 0 Å². The SMILES string of the molecule is Cc1cc(F)c(N)cc1SC(F)(F)C(F)(F)F. The van der Waals surface area contributed by atoms with Crippen LogP contribution in [0.4, 0.5) is 32.0 Å². The zero-order valence-corrected chi connectivity index (χ0v) is 9.22. The van der Waals surface area contributed by atoms with Gasteiger partial charge in [-0.25, -0.2) is 4.39 Å². The molecule has 0 heterocycles. The van der Waals surface area contributed by atoms with Crippen molar-refractivity contribution in [1.29, 1.82) is 0 Å². The first kappa shape index (κ1) is 14.0.